The summed E-state index contributed by atoms with van der Waals surface area (Å²) in [7, 11) is 0. The Morgan fingerprint density at radius 2 is 2.42 bits per heavy atom. The third-order valence-electron chi connectivity index (χ3n) is 1.68. The molecular formula is C6H5BrClN3O. The first-order valence-electron chi connectivity index (χ1n) is 3.40. The minimum Gasteiger partial charge on any atom is -0.349 e. The summed E-state index contributed by atoms with van der Waals surface area (Å²) in [6, 6.07) is 0. The number of fused-ring (bicyclic) bond motifs is 1. The molecule has 2 rings (SSSR count). The highest BCUT2D eigenvalue weighted by atomic mass is 79.9. The van der Waals surface area contributed by atoms with Crippen LogP contribution in [-0.2, 0) is 6.54 Å². The number of hydrogen-bond acceptors (Lipinski definition) is 2. The molecule has 0 radical (unpaired) electrons. The molecule has 0 aliphatic carbocycles. The van der Waals surface area contributed by atoms with E-state index in [1.54, 1.807) is 4.68 Å². The van der Waals surface area contributed by atoms with Crippen LogP contribution in [-0.4, -0.2) is 22.2 Å². The van der Waals surface area contributed by atoms with Crippen LogP contribution in [0.3, 0.4) is 0 Å². The number of nitrogens with zero attached hydrogens (tertiary/aromatic N) is 2. The Morgan fingerprint density at radius 1 is 1.67 bits per heavy atom. The predicted octanol–water partition coefficient (Wildman–Crippen LogP) is 1.04. The number of halogens is 2. The summed E-state index contributed by atoms with van der Waals surface area (Å²) in [4.78, 5) is 11.2. The minimum absolute atomic E-state index is 0.163. The van der Waals surface area contributed by atoms with E-state index in [9.17, 15) is 4.79 Å². The van der Waals surface area contributed by atoms with Crippen molar-refractivity contribution in [1.82, 2.24) is 15.1 Å². The molecule has 0 bridgehead atoms. The smallest absolute Gasteiger partial charge is 0.271 e. The lowest BCUT2D eigenvalue weighted by atomic mass is 10.3. The van der Waals surface area contributed by atoms with E-state index in [4.69, 9.17) is 11.6 Å². The SMILES string of the molecule is O=C1NCCn2nc(Br)c(Cl)c21. The van der Waals surface area contributed by atoms with E-state index < -0.39 is 0 Å². The minimum atomic E-state index is -0.163. The van der Waals surface area contributed by atoms with Gasteiger partial charge >= 0.3 is 0 Å². The van der Waals surface area contributed by atoms with Gasteiger partial charge in [0.15, 0.2) is 0 Å². The Balaban J connectivity index is 2.61. The molecule has 1 aliphatic heterocycles. The first-order chi connectivity index (χ1) is 5.70. The lowest BCUT2D eigenvalue weighted by Crippen LogP contribution is -2.35. The fourth-order valence-electron chi connectivity index (χ4n) is 1.15. The largest absolute Gasteiger partial charge is 0.349 e. The molecular weight excluding hydrogens is 245 g/mol. The van der Waals surface area contributed by atoms with Crippen molar-refractivity contribution in [3.63, 3.8) is 0 Å². The van der Waals surface area contributed by atoms with Gasteiger partial charge in [-0.15, -0.1) is 0 Å². The number of hydrogen-bond donors (Lipinski definition) is 1. The summed E-state index contributed by atoms with van der Waals surface area (Å²) in [6.45, 7) is 1.28. The molecule has 6 heteroatoms. The van der Waals surface area contributed by atoms with Crippen LogP contribution in [0.5, 0.6) is 0 Å². The van der Waals surface area contributed by atoms with Gasteiger partial charge in [0.05, 0.1) is 6.54 Å². The number of amides is 1. The van der Waals surface area contributed by atoms with Crippen molar-refractivity contribution in [3.05, 3.63) is 15.3 Å². The molecule has 0 unspecified atom stereocenters. The lowest BCUT2D eigenvalue weighted by molar-refractivity contribution is 0.0924. The summed E-state index contributed by atoms with van der Waals surface area (Å²) in [5, 5.41) is 7.11. The van der Waals surface area contributed by atoms with Crippen molar-refractivity contribution in [3.8, 4) is 0 Å². The molecule has 12 heavy (non-hydrogen) atoms. The first-order valence-corrected chi connectivity index (χ1v) is 4.57. The van der Waals surface area contributed by atoms with Crippen LogP contribution in [0.2, 0.25) is 5.02 Å². The van der Waals surface area contributed by atoms with E-state index in [0.717, 1.165) is 0 Å². The van der Waals surface area contributed by atoms with Crippen molar-refractivity contribution < 1.29 is 4.79 Å². The fourth-order valence-corrected chi connectivity index (χ4v) is 1.75. The van der Waals surface area contributed by atoms with Gasteiger partial charge in [-0.2, -0.15) is 5.10 Å². The molecule has 4 nitrogen and oxygen atoms in total. The third-order valence-corrected chi connectivity index (χ3v) is 2.82. The number of carbonyl (C=O) groups excluding carboxylic acids is 1. The van der Waals surface area contributed by atoms with Crippen molar-refractivity contribution >= 4 is 33.4 Å². The molecule has 0 fully saturated rings. The average molecular weight is 250 g/mol. The van der Waals surface area contributed by atoms with Gasteiger partial charge in [-0.3, -0.25) is 9.48 Å². The van der Waals surface area contributed by atoms with Gasteiger partial charge in [0.1, 0.15) is 15.3 Å². The quantitative estimate of drug-likeness (QED) is 0.748. The summed E-state index contributed by atoms with van der Waals surface area (Å²) < 4.78 is 2.13. The number of aromatic nitrogens is 2. The second-order valence-corrected chi connectivity index (χ2v) is 3.56. The van der Waals surface area contributed by atoms with Crippen LogP contribution < -0.4 is 5.32 Å². The molecule has 1 aromatic heterocycles. The van der Waals surface area contributed by atoms with Gasteiger partial charge in [0, 0.05) is 6.54 Å². The zero-order valence-corrected chi connectivity index (χ0v) is 8.31. The van der Waals surface area contributed by atoms with E-state index in [1.807, 2.05) is 0 Å². The molecule has 2 heterocycles. The summed E-state index contributed by atoms with van der Waals surface area (Å²) in [5.41, 5.74) is 0.440. The Hall–Kier alpha value is -0.550. The zero-order valence-electron chi connectivity index (χ0n) is 5.97. The van der Waals surface area contributed by atoms with Crippen LogP contribution >= 0.6 is 27.5 Å². The second-order valence-electron chi connectivity index (χ2n) is 2.43. The molecule has 0 atom stereocenters. The van der Waals surface area contributed by atoms with Gasteiger partial charge in [-0.05, 0) is 15.9 Å². The zero-order chi connectivity index (χ0) is 8.72. The van der Waals surface area contributed by atoms with Gasteiger partial charge in [-0.1, -0.05) is 11.6 Å². The van der Waals surface area contributed by atoms with Crippen LogP contribution in [0, 0.1) is 0 Å². The maximum atomic E-state index is 11.2. The molecule has 1 N–H and O–H groups in total. The molecule has 1 amide bonds. The topological polar surface area (TPSA) is 46.9 Å². The number of carbonyl (C=O) groups is 1. The van der Waals surface area contributed by atoms with Gasteiger partial charge < -0.3 is 5.32 Å². The van der Waals surface area contributed by atoms with Crippen LogP contribution in [0.15, 0.2) is 4.60 Å². The van der Waals surface area contributed by atoms with Crippen LogP contribution in [0.25, 0.3) is 0 Å². The average Bonchev–Trinajstić information content (AvgIpc) is 2.29. The molecule has 0 spiro atoms. The fraction of sp³-hybridized carbons (Fsp3) is 0.333. The monoisotopic (exact) mass is 249 g/mol. The molecule has 0 saturated carbocycles. The molecule has 0 aromatic carbocycles. The predicted molar refractivity (Wildman–Crippen MR) is 47.3 cm³/mol. The van der Waals surface area contributed by atoms with Crippen molar-refractivity contribution in [2.45, 2.75) is 6.54 Å². The van der Waals surface area contributed by atoms with E-state index in [1.165, 1.54) is 0 Å². The highest BCUT2D eigenvalue weighted by molar-refractivity contribution is 9.10. The summed E-state index contributed by atoms with van der Waals surface area (Å²) >= 11 is 8.99. The number of rotatable bonds is 0. The highest BCUT2D eigenvalue weighted by Crippen LogP contribution is 2.26. The van der Waals surface area contributed by atoms with Gasteiger partial charge in [0.2, 0.25) is 0 Å². The summed E-state index contributed by atoms with van der Waals surface area (Å²) in [6.07, 6.45) is 0. The standard InChI is InChI=1S/C6H5BrClN3O/c7-5-3(8)4-6(12)9-1-2-11(4)10-5/h1-2H2,(H,9,12). The van der Waals surface area contributed by atoms with Crippen molar-refractivity contribution in [1.29, 1.82) is 0 Å². The normalized spacial score (nSPS) is 15.7. The Labute approximate surface area is 82.0 Å². The van der Waals surface area contributed by atoms with Gasteiger partial charge in [0.25, 0.3) is 5.91 Å². The molecule has 1 aliphatic rings. The van der Waals surface area contributed by atoms with E-state index >= 15 is 0 Å². The Kier molecular flexibility index (Phi) is 1.84. The lowest BCUT2D eigenvalue weighted by Gasteiger charge is -2.13. The van der Waals surface area contributed by atoms with Crippen molar-refractivity contribution in [2.75, 3.05) is 6.54 Å². The molecule has 0 saturated heterocycles. The first kappa shape index (κ1) is 8.07. The van der Waals surface area contributed by atoms with E-state index in [2.05, 4.69) is 26.3 Å². The Bertz CT molecular complexity index is 349. The second kappa shape index (κ2) is 2.74. The molecule has 1 aromatic rings. The van der Waals surface area contributed by atoms with Crippen LogP contribution in [0.4, 0.5) is 0 Å². The third kappa shape index (κ3) is 1.04. The Morgan fingerprint density at radius 3 is 3.08 bits per heavy atom. The van der Waals surface area contributed by atoms with Crippen LogP contribution in [0.1, 0.15) is 10.5 Å². The van der Waals surface area contributed by atoms with E-state index in [-0.39, 0.29) is 5.91 Å². The highest BCUT2D eigenvalue weighted by Gasteiger charge is 2.23. The maximum absolute atomic E-state index is 11.2. The van der Waals surface area contributed by atoms with Gasteiger partial charge in [-0.25, -0.2) is 0 Å². The maximum Gasteiger partial charge on any atom is 0.271 e. The summed E-state index contributed by atoms with van der Waals surface area (Å²) in [5.74, 6) is -0.163. The molecule has 64 valence electrons. The van der Waals surface area contributed by atoms with E-state index in [0.29, 0.717) is 28.4 Å². The number of nitrogens with one attached hydrogen (secondary N) is 1. The van der Waals surface area contributed by atoms with Crippen molar-refractivity contribution in [2.24, 2.45) is 0 Å².